The van der Waals surface area contributed by atoms with Gasteiger partial charge in [0.15, 0.2) is 0 Å². The quantitative estimate of drug-likeness (QED) is 0.140. The second-order valence-electron chi connectivity index (χ2n) is 11.1. The van der Waals surface area contributed by atoms with E-state index in [-0.39, 0.29) is 23.5 Å². The van der Waals surface area contributed by atoms with Crippen molar-refractivity contribution < 1.29 is 26.3 Å². The topological polar surface area (TPSA) is 74.3 Å². The predicted octanol–water partition coefficient (Wildman–Crippen LogP) is 6.66. The molecule has 4 heterocycles. The first-order valence-electron chi connectivity index (χ1n) is 13.7. The van der Waals surface area contributed by atoms with Crippen LogP contribution in [0.2, 0.25) is 0 Å². The Kier molecular flexibility index (Phi) is 7.07. The minimum atomic E-state index is -5.07. The lowest BCUT2D eigenvalue weighted by Crippen LogP contribution is -2.56. The van der Waals surface area contributed by atoms with Gasteiger partial charge in [0, 0.05) is 29.9 Å². The molecule has 2 N–H and O–H groups in total. The molecular formula is C31H26F6N4O2. The molecule has 3 fully saturated rings. The summed E-state index contributed by atoms with van der Waals surface area (Å²) in [6, 6.07) is 9.52. The van der Waals surface area contributed by atoms with Crippen LogP contribution in [0.1, 0.15) is 35.6 Å². The number of fused-ring (bicyclic) bond motifs is 4. The van der Waals surface area contributed by atoms with Crippen molar-refractivity contribution in [2.75, 3.05) is 23.7 Å². The van der Waals surface area contributed by atoms with Gasteiger partial charge in [-0.2, -0.15) is 26.3 Å². The number of rotatable bonds is 7. The average molecular weight is 601 g/mol. The van der Waals surface area contributed by atoms with Crippen molar-refractivity contribution in [2.45, 2.75) is 37.3 Å². The smallest absolute Gasteiger partial charge is 0.372 e. The van der Waals surface area contributed by atoms with Gasteiger partial charge < -0.3 is 10.6 Å². The first kappa shape index (κ1) is 28.9. The van der Waals surface area contributed by atoms with Crippen molar-refractivity contribution in [2.24, 2.45) is 11.8 Å². The Bertz CT molecular complexity index is 1740. The highest BCUT2D eigenvalue weighted by Gasteiger charge is 2.44. The molecule has 224 valence electrons. The van der Waals surface area contributed by atoms with E-state index in [9.17, 15) is 35.9 Å². The first-order chi connectivity index (χ1) is 20.3. The fraction of sp³-hybridized carbons (Fsp3) is 0.323. The Labute approximate surface area is 241 Å². The third-order valence-electron chi connectivity index (χ3n) is 8.62. The van der Waals surface area contributed by atoms with E-state index in [0.717, 1.165) is 36.9 Å². The average Bonchev–Trinajstić information content (AvgIpc) is 2.99. The number of para-hydroxylation sites is 1. The minimum absolute atomic E-state index is 0.000122. The lowest BCUT2D eigenvalue weighted by atomic mass is 9.73. The number of alkyl halides is 6. The van der Waals surface area contributed by atoms with Gasteiger partial charge in [0.2, 0.25) is 0 Å². The Morgan fingerprint density at radius 1 is 0.953 bits per heavy atom. The van der Waals surface area contributed by atoms with Crippen molar-refractivity contribution in [3.05, 3.63) is 105 Å². The van der Waals surface area contributed by atoms with Gasteiger partial charge in [-0.1, -0.05) is 24.3 Å². The fourth-order valence-electron chi connectivity index (χ4n) is 6.47. The summed E-state index contributed by atoms with van der Waals surface area (Å²) in [5, 5.41) is 6.40. The van der Waals surface area contributed by atoms with Crippen molar-refractivity contribution >= 4 is 28.0 Å². The maximum atomic E-state index is 13.4. The number of nitrogens with zero attached hydrogens (tertiary/aromatic N) is 2. The number of nitrogens with one attached hydrogen (secondary N) is 2. The Hall–Kier alpha value is -4.19. The van der Waals surface area contributed by atoms with Crippen LogP contribution in [-0.4, -0.2) is 29.0 Å². The maximum Gasteiger partial charge on any atom is 0.416 e. The molecule has 3 aromatic carbocycles. The summed E-state index contributed by atoms with van der Waals surface area (Å²) in [7, 11) is 0. The fourth-order valence-corrected chi connectivity index (χ4v) is 6.47. The molecule has 6 nitrogen and oxygen atoms in total. The third kappa shape index (κ3) is 5.28. The van der Waals surface area contributed by atoms with Crippen LogP contribution in [0.15, 0.2) is 77.0 Å². The molecule has 5 atom stereocenters. The van der Waals surface area contributed by atoms with E-state index in [2.05, 4.69) is 27.1 Å². The van der Waals surface area contributed by atoms with Crippen LogP contribution in [0.4, 0.5) is 43.4 Å². The number of piperidine rings is 3. The van der Waals surface area contributed by atoms with Crippen LogP contribution in [0.3, 0.4) is 0 Å². The third-order valence-corrected chi connectivity index (χ3v) is 8.62. The van der Waals surface area contributed by atoms with Crippen LogP contribution in [0.5, 0.6) is 0 Å². The Morgan fingerprint density at radius 2 is 1.63 bits per heavy atom. The summed E-state index contributed by atoms with van der Waals surface area (Å²) in [5.74, 6) is 0.646. The zero-order valence-corrected chi connectivity index (χ0v) is 22.6. The van der Waals surface area contributed by atoms with Gasteiger partial charge in [-0.25, -0.2) is 0 Å². The molecular weight excluding hydrogens is 574 g/mol. The largest absolute Gasteiger partial charge is 0.416 e. The van der Waals surface area contributed by atoms with E-state index in [0.29, 0.717) is 29.5 Å². The highest BCUT2D eigenvalue weighted by atomic mass is 19.4. The summed E-state index contributed by atoms with van der Waals surface area (Å²) >= 11 is 0. The van der Waals surface area contributed by atoms with Gasteiger partial charge in [-0.3, -0.25) is 19.5 Å². The number of anilines is 3. The molecule has 0 saturated carbocycles. The van der Waals surface area contributed by atoms with E-state index in [1.807, 2.05) is 36.4 Å². The highest BCUT2D eigenvalue weighted by molar-refractivity contribution is 5.84. The van der Waals surface area contributed by atoms with Crippen LogP contribution in [0.25, 0.3) is 10.9 Å². The summed E-state index contributed by atoms with van der Waals surface area (Å²) in [5.41, 5.74) is -4.71. The molecule has 0 aliphatic carbocycles. The molecule has 12 heteroatoms. The molecule has 43 heavy (non-hydrogen) atoms. The normalized spacial score (nSPS) is 22.9. The second kappa shape index (κ2) is 10.5. The zero-order chi connectivity index (χ0) is 30.7. The molecule has 3 aliphatic heterocycles. The maximum absolute atomic E-state index is 13.4. The lowest BCUT2D eigenvalue weighted by molar-refractivity contribution is -0.143. The van der Waals surface area contributed by atoms with E-state index in [4.69, 9.17) is 0 Å². The van der Waals surface area contributed by atoms with Gasteiger partial charge in [0.1, 0.15) is 11.4 Å². The summed E-state index contributed by atoms with van der Waals surface area (Å²) in [6.07, 6.45) is -4.83. The number of hydrogen-bond donors (Lipinski definition) is 2. The van der Waals surface area contributed by atoms with E-state index >= 15 is 0 Å². The Balaban J connectivity index is 1.41. The molecule has 4 aromatic rings. The van der Waals surface area contributed by atoms with Crippen molar-refractivity contribution in [3.8, 4) is 0 Å². The van der Waals surface area contributed by atoms with E-state index in [1.54, 1.807) is 6.20 Å². The van der Waals surface area contributed by atoms with Crippen molar-refractivity contribution in [1.29, 1.82) is 0 Å². The highest BCUT2D eigenvalue weighted by Crippen LogP contribution is 2.44. The molecule has 3 saturated heterocycles. The second-order valence-corrected chi connectivity index (χ2v) is 11.1. The van der Waals surface area contributed by atoms with Crippen LogP contribution in [-0.2, 0) is 12.4 Å². The van der Waals surface area contributed by atoms with Crippen LogP contribution in [0, 0.1) is 11.8 Å². The molecule has 1 aromatic heterocycles. The molecule has 7 rings (SSSR count). The molecule has 2 bridgehead atoms. The van der Waals surface area contributed by atoms with Crippen molar-refractivity contribution in [3.63, 3.8) is 0 Å². The Morgan fingerprint density at radius 3 is 2.26 bits per heavy atom. The summed E-state index contributed by atoms with van der Waals surface area (Å²) < 4.78 is 80.7. The zero-order valence-electron chi connectivity index (χ0n) is 22.6. The summed E-state index contributed by atoms with van der Waals surface area (Å²) in [6.45, 7) is 5.52. The van der Waals surface area contributed by atoms with Crippen molar-refractivity contribution in [1.82, 2.24) is 9.88 Å². The SMILES string of the molecule is C=CC1CN2CC[C@H]1C[C@H]2[C@@H](Nc1c(Nc2cc(C(F)(F)F)cc(C(F)(F)F)c2)c(=O)c1=O)c1ccnc2ccccc12. The van der Waals surface area contributed by atoms with Gasteiger partial charge in [-0.05, 0) is 67.1 Å². The standard InChI is InChI=1S/C31H26F6N4O2/c1-2-16-15-41-10-8-17(16)11-24(41)25(22-7-9-38-23-6-4-3-5-21(22)23)40-27-26(28(42)29(27)43)39-20-13-18(30(32,33)34)12-19(14-20)31(35,36)37/h2-7,9,12-14,16-17,24-25,39-40H,1,8,10-11,15H2/t16?,17-,24-,25-/m0/s1. The predicted molar refractivity (Wildman–Crippen MR) is 151 cm³/mol. The van der Waals surface area contributed by atoms with Gasteiger partial charge in [0.25, 0.3) is 10.9 Å². The molecule has 2 unspecified atom stereocenters. The first-order valence-corrected chi connectivity index (χ1v) is 13.7. The molecule has 0 amide bonds. The van der Waals surface area contributed by atoms with Gasteiger partial charge in [-0.15, -0.1) is 6.58 Å². The van der Waals surface area contributed by atoms with Gasteiger partial charge in [0.05, 0.1) is 22.7 Å². The monoisotopic (exact) mass is 600 g/mol. The number of benzene rings is 2. The number of pyridine rings is 1. The molecule has 0 spiro atoms. The number of halogens is 6. The van der Waals surface area contributed by atoms with E-state index in [1.165, 1.54) is 0 Å². The summed E-state index contributed by atoms with van der Waals surface area (Å²) in [4.78, 5) is 32.3. The number of aromatic nitrogens is 1. The minimum Gasteiger partial charge on any atom is -0.372 e. The number of hydrogen-bond acceptors (Lipinski definition) is 6. The molecule has 3 aliphatic rings. The van der Waals surface area contributed by atoms with Crippen LogP contribution < -0.4 is 21.5 Å². The van der Waals surface area contributed by atoms with Crippen LogP contribution >= 0.6 is 0 Å². The van der Waals surface area contributed by atoms with Gasteiger partial charge >= 0.3 is 12.4 Å². The lowest BCUT2D eigenvalue weighted by Gasteiger charge is -2.52. The molecule has 0 radical (unpaired) electrons. The van der Waals surface area contributed by atoms with E-state index < -0.39 is 46.1 Å².